The van der Waals surface area contributed by atoms with Gasteiger partial charge in [0.2, 0.25) is 5.91 Å². The van der Waals surface area contributed by atoms with Gasteiger partial charge in [-0.15, -0.1) is 0 Å². The standard InChI is InChI=1S/C21H21ClN2O4/c1-14(20(26)23-13-16-6-2-3-9-18(16)22)28-21(27)15-7-4-8-17(12-15)24-11-5-10-19(24)25/h2-4,6-9,12,14H,5,10-11,13H2,1H3,(H,23,26)/t14-/m0/s1. The molecule has 1 aliphatic heterocycles. The number of rotatable bonds is 6. The summed E-state index contributed by atoms with van der Waals surface area (Å²) in [6.45, 7) is 2.39. The van der Waals surface area contributed by atoms with Crippen molar-refractivity contribution in [3.05, 3.63) is 64.7 Å². The quantitative estimate of drug-likeness (QED) is 0.754. The number of benzene rings is 2. The zero-order valence-electron chi connectivity index (χ0n) is 15.5. The molecule has 1 fully saturated rings. The second kappa shape index (κ2) is 8.89. The van der Waals surface area contributed by atoms with Crippen LogP contribution in [0.2, 0.25) is 5.02 Å². The molecule has 0 bridgehead atoms. The number of carbonyl (C=O) groups excluding carboxylic acids is 3. The van der Waals surface area contributed by atoms with Crippen molar-refractivity contribution < 1.29 is 19.1 Å². The normalized spacial score (nSPS) is 14.6. The van der Waals surface area contributed by atoms with Crippen LogP contribution in [-0.2, 0) is 20.9 Å². The Morgan fingerprint density at radius 3 is 2.71 bits per heavy atom. The molecule has 28 heavy (non-hydrogen) atoms. The average molecular weight is 401 g/mol. The number of anilines is 1. The van der Waals surface area contributed by atoms with Crippen LogP contribution in [-0.4, -0.2) is 30.4 Å². The minimum Gasteiger partial charge on any atom is -0.449 e. The molecule has 1 heterocycles. The average Bonchev–Trinajstić information content (AvgIpc) is 3.13. The van der Waals surface area contributed by atoms with E-state index in [1.165, 1.54) is 6.92 Å². The van der Waals surface area contributed by atoms with E-state index >= 15 is 0 Å². The number of nitrogens with one attached hydrogen (secondary N) is 1. The Balaban J connectivity index is 1.58. The van der Waals surface area contributed by atoms with Crippen molar-refractivity contribution >= 4 is 35.1 Å². The van der Waals surface area contributed by atoms with Gasteiger partial charge in [0.25, 0.3) is 5.91 Å². The lowest BCUT2D eigenvalue weighted by Crippen LogP contribution is -2.35. The Kier molecular flexibility index (Phi) is 6.31. The first-order valence-corrected chi connectivity index (χ1v) is 9.46. The van der Waals surface area contributed by atoms with Gasteiger partial charge in [0.05, 0.1) is 5.56 Å². The maximum Gasteiger partial charge on any atom is 0.338 e. The van der Waals surface area contributed by atoms with Crippen LogP contribution < -0.4 is 10.2 Å². The highest BCUT2D eigenvalue weighted by Crippen LogP contribution is 2.22. The molecular formula is C21H21ClN2O4. The Bertz CT molecular complexity index is 899. The van der Waals surface area contributed by atoms with Gasteiger partial charge in [-0.25, -0.2) is 4.79 Å². The third-order valence-corrected chi connectivity index (χ3v) is 4.90. The number of nitrogens with zero attached hydrogens (tertiary/aromatic N) is 1. The van der Waals surface area contributed by atoms with Crippen molar-refractivity contribution in [2.24, 2.45) is 0 Å². The van der Waals surface area contributed by atoms with E-state index in [0.717, 1.165) is 12.0 Å². The van der Waals surface area contributed by atoms with Crippen LogP contribution in [0.5, 0.6) is 0 Å². The first-order valence-electron chi connectivity index (χ1n) is 9.08. The summed E-state index contributed by atoms with van der Waals surface area (Å²) in [4.78, 5) is 38.2. The molecule has 2 amide bonds. The molecule has 146 valence electrons. The molecule has 2 aromatic rings. The summed E-state index contributed by atoms with van der Waals surface area (Å²) in [5, 5.41) is 3.26. The SMILES string of the molecule is C[C@H](OC(=O)c1cccc(N2CCCC2=O)c1)C(=O)NCc1ccccc1Cl. The van der Waals surface area contributed by atoms with Crippen molar-refractivity contribution in [2.45, 2.75) is 32.4 Å². The number of halogens is 1. The summed E-state index contributed by atoms with van der Waals surface area (Å²) in [6.07, 6.45) is 0.347. The molecule has 7 heteroatoms. The van der Waals surface area contributed by atoms with E-state index in [1.54, 1.807) is 35.2 Å². The van der Waals surface area contributed by atoms with E-state index in [-0.39, 0.29) is 12.5 Å². The summed E-state index contributed by atoms with van der Waals surface area (Å²) < 4.78 is 5.27. The second-order valence-corrected chi connectivity index (χ2v) is 6.96. The van der Waals surface area contributed by atoms with E-state index in [0.29, 0.717) is 29.2 Å². The zero-order valence-corrected chi connectivity index (χ0v) is 16.2. The fourth-order valence-electron chi connectivity index (χ4n) is 2.97. The lowest BCUT2D eigenvalue weighted by Gasteiger charge is -2.17. The Morgan fingerprint density at radius 1 is 1.21 bits per heavy atom. The predicted octanol–water partition coefficient (Wildman–Crippen LogP) is 3.33. The molecule has 1 saturated heterocycles. The maximum atomic E-state index is 12.4. The molecular weight excluding hydrogens is 380 g/mol. The third kappa shape index (κ3) is 4.70. The third-order valence-electron chi connectivity index (χ3n) is 4.53. The summed E-state index contributed by atoms with van der Waals surface area (Å²) in [5.41, 5.74) is 1.73. The van der Waals surface area contributed by atoms with Gasteiger partial charge in [-0.2, -0.15) is 0 Å². The fraction of sp³-hybridized carbons (Fsp3) is 0.286. The van der Waals surface area contributed by atoms with Gasteiger partial charge < -0.3 is 15.0 Å². The Labute approximate surface area is 168 Å². The van der Waals surface area contributed by atoms with Crippen LogP contribution in [0, 0.1) is 0 Å². The minimum atomic E-state index is -0.966. The number of hydrogen-bond acceptors (Lipinski definition) is 4. The summed E-state index contributed by atoms with van der Waals surface area (Å²) >= 11 is 6.07. The molecule has 3 rings (SSSR count). The van der Waals surface area contributed by atoms with E-state index in [2.05, 4.69) is 5.32 Å². The number of ether oxygens (including phenoxy) is 1. The zero-order chi connectivity index (χ0) is 20.1. The number of carbonyl (C=O) groups is 3. The number of amides is 2. The highest BCUT2D eigenvalue weighted by atomic mass is 35.5. The van der Waals surface area contributed by atoms with Crippen LogP contribution in [0.25, 0.3) is 0 Å². The van der Waals surface area contributed by atoms with Crippen molar-refractivity contribution in [2.75, 3.05) is 11.4 Å². The molecule has 1 N–H and O–H groups in total. The molecule has 0 aromatic heterocycles. The molecule has 2 aromatic carbocycles. The number of esters is 1. The molecule has 0 saturated carbocycles. The molecule has 6 nitrogen and oxygen atoms in total. The molecule has 0 spiro atoms. The van der Waals surface area contributed by atoms with Gasteiger partial charge in [-0.05, 0) is 43.2 Å². The summed E-state index contributed by atoms with van der Waals surface area (Å²) in [5.74, 6) is -0.995. The Hall–Kier alpha value is -2.86. The van der Waals surface area contributed by atoms with Crippen LogP contribution in [0.4, 0.5) is 5.69 Å². The molecule has 1 atom stereocenters. The lowest BCUT2D eigenvalue weighted by atomic mass is 10.2. The summed E-state index contributed by atoms with van der Waals surface area (Å²) in [7, 11) is 0. The van der Waals surface area contributed by atoms with Crippen LogP contribution in [0.15, 0.2) is 48.5 Å². The van der Waals surface area contributed by atoms with Gasteiger partial charge in [-0.3, -0.25) is 9.59 Å². The van der Waals surface area contributed by atoms with Gasteiger partial charge in [-0.1, -0.05) is 35.9 Å². The van der Waals surface area contributed by atoms with Crippen LogP contribution in [0.1, 0.15) is 35.7 Å². The minimum absolute atomic E-state index is 0.0397. The maximum absolute atomic E-state index is 12.4. The van der Waals surface area contributed by atoms with Gasteiger partial charge in [0.1, 0.15) is 0 Å². The van der Waals surface area contributed by atoms with Crippen LogP contribution >= 0.6 is 11.6 Å². The molecule has 0 unspecified atom stereocenters. The van der Waals surface area contributed by atoms with Gasteiger partial charge in [0.15, 0.2) is 6.10 Å². The van der Waals surface area contributed by atoms with E-state index < -0.39 is 18.0 Å². The van der Waals surface area contributed by atoms with E-state index in [1.807, 2.05) is 18.2 Å². The van der Waals surface area contributed by atoms with Crippen LogP contribution in [0.3, 0.4) is 0 Å². The predicted molar refractivity (Wildman–Crippen MR) is 106 cm³/mol. The van der Waals surface area contributed by atoms with Crippen molar-refractivity contribution in [3.63, 3.8) is 0 Å². The molecule has 0 aliphatic carbocycles. The van der Waals surface area contributed by atoms with Gasteiger partial charge in [0, 0.05) is 30.2 Å². The van der Waals surface area contributed by atoms with Gasteiger partial charge >= 0.3 is 5.97 Å². The molecule has 1 aliphatic rings. The molecule has 0 radical (unpaired) electrons. The number of hydrogen-bond donors (Lipinski definition) is 1. The van der Waals surface area contributed by atoms with Crippen molar-refractivity contribution in [1.29, 1.82) is 0 Å². The smallest absolute Gasteiger partial charge is 0.338 e. The monoisotopic (exact) mass is 400 g/mol. The first kappa shape index (κ1) is 19.9. The highest BCUT2D eigenvalue weighted by molar-refractivity contribution is 6.31. The summed E-state index contributed by atoms with van der Waals surface area (Å²) in [6, 6.07) is 13.9. The van der Waals surface area contributed by atoms with E-state index in [4.69, 9.17) is 16.3 Å². The lowest BCUT2D eigenvalue weighted by molar-refractivity contribution is -0.129. The van der Waals surface area contributed by atoms with Crippen molar-refractivity contribution in [3.8, 4) is 0 Å². The van der Waals surface area contributed by atoms with E-state index in [9.17, 15) is 14.4 Å². The highest BCUT2D eigenvalue weighted by Gasteiger charge is 2.23. The Morgan fingerprint density at radius 2 is 2.00 bits per heavy atom. The first-order chi connectivity index (χ1) is 13.5. The topological polar surface area (TPSA) is 75.7 Å². The fourth-order valence-corrected chi connectivity index (χ4v) is 3.17. The second-order valence-electron chi connectivity index (χ2n) is 6.56. The largest absolute Gasteiger partial charge is 0.449 e. The van der Waals surface area contributed by atoms with Crippen molar-refractivity contribution in [1.82, 2.24) is 5.32 Å².